The van der Waals surface area contributed by atoms with E-state index < -0.39 is 0 Å². The van der Waals surface area contributed by atoms with E-state index in [0.717, 1.165) is 16.9 Å². The molecule has 2 aromatic carbocycles. The Labute approximate surface area is 168 Å². The number of hydrogen-bond acceptors (Lipinski definition) is 5. The molecule has 0 radical (unpaired) electrons. The normalized spacial score (nSPS) is 10.6. The summed E-state index contributed by atoms with van der Waals surface area (Å²) >= 11 is 1.40. The largest absolute Gasteiger partial charge is 0.487 e. The van der Waals surface area contributed by atoms with Crippen LogP contribution in [0.3, 0.4) is 0 Å². The van der Waals surface area contributed by atoms with Crippen LogP contribution in [0.2, 0.25) is 0 Å². The fourth-order valence-electron chi connectivity index (χ4n) is 2.70. The van der Waals surface area contributed by atoms with E-state index in [9.17, 15) is 9.59 Å². The van der Waals surface area contributed by atoms with Gasteiger partial charge < -0.3 is 4.74 Å². The predicted molar refractivity (Wildman–Crippen MR) is 112 cm³/mol. The third-order valence-electron chi connectivity index (χ3n) is 4.44. The smallest absolute Gasteiger partial charge is 0.230 e. The lowest BCUT2D eigenvalue weighted by Gasteiger charge is -2.19. The first-order valence-electron chi connectivity index (χ1n) is 8.91. The number of carbonyl (C=O) groups is 2. The van der Waals surface area contributed by atoms with Gasteiger partial charge in [-0.15, -0.1) is 11.3 Å². The SMILES string of the molecule is CC(=O)c1ccc(OCc2csc(N(C(C)=O)c3ccc(C)c(C)c3)n2)cc1. The number of aryl methyl sites for hydroxylation is 2. The number of hydrogen-bond donors (Lipinski definition) is 0. The van der Waals surface area contributed by atoms with Crippen molar-refractivity contribution in [3.05, 3.63) is 70.2 Å². The number of anilines is 2. The Morgan fingerprint density at radius 3 is 2.36 bits per heavy atom. The summed E-state index contributed by atoms with van der Waals surface area (Å²) in [4.78, 5) is 29.8. The maximum atomic E-state index is 12.3. The molecular weight excluding hydrogens is 372 g/mol. The summed E-state index contributed by atoms with van der Waals surface area (Å²) in [6.07, 6.45) is 0. The maximum absolute atomic E-state index is 12.3. The molecule has 0 bridgehead atoms. The second kappa shape index (κ2) is 8.35. The Hall–Kier alpha value is -2.99. The lowest BCUT2D eigenvalue weighted by atomic mass is 10.1. The number of benzene rings is 2. The molecule has 0 saturated carbocycles. The van der Waals surface area contributed by atoms with E-state index in [0.29, 0.717) is 16.4 Å². The van der Waals surface area contributed by atoms with Gasteiger partial charge in [-0.25, -0.2) is 4.98 Å². The number of ketones is 1. The number of rotatable bonds is 6. The van der Waals surface area contributed by atoms with Crippen molar-refractivity contribution < 1.29 is 14.3 Å². The van der Waals surface area contributed by atoms with E-state index in [1.54, 1.807) is 29.2 Å². The van der Waals surface area contributed by atoms with Gasteiger partial charge in [0.25, 0.3) is 0 Å². The molecule has 1 amide bonds. The number of nitrogens with zero attached hydrogens (tertiary/aromatic N) is 2. The Morgan fingerprint density at radius 1 is 1.04 bits per heavy atom. The Bertz CT molecular complexity index is 1010. The van der Waals surface area contributed by atoms with Crippen LogP contribution in [0.15, 0.2) is 47.8 Å². The summed E-state index contributed by atoms with van der Waals surface area (Å²) in [5.41, 5.74) is 4.49. The minimum atomic E-state index is -0.0927. The quantitative estimate of drug-likeness (QED) is 0.538. The number of carbonyl (C=O) groups excluding carboxylic acids is 2. The molecule has 1 aromatic heterocycles. The van der Waals surface area contributed by atoms with Crippen molar-refractivity contribution in [2.75, 3.05) is 4.90 Å². The van der Waals surface area contributed by atoms with Gasteiger partial charge in [-0.2, -0.15) is 0 Å². The van der Waals surface area contributed by atoms with Crippen molar-refractivity contribution in [1.82, 2.24) is 4.98 Å². The van der Waals surface area contributed by atoms with Crippen LogP contribution in [0, 0.1) is 13.8 Å². The van der Waals surface area contributed by atoms with E-state index in [1.165, 1.54) is 30.7 Å². The van der Waals surface area contributed by atoms with Crippen LogP contribution in [0.25, 0.3) is 0 Å². The van der Waals surface area contributed by atoms with Gasteiger partial charge in [-0.3, -0.25) is 14.5 Å². The molecule has 0 aliphatic carbocycles. The van der Waals surface area contributed by atoms with Gasteiger partial charge in [-0.1, -0.05) is 6.07 Å². The van der Waals surface area contributed by atoms with Crippen LogP contribution in [0.4, 0.5) is 10.8 Å². The lowest BCUT2D eigenvalue weighted by Crippen LogP contribution is -2.22. The predicted octanol–water partition coefficient (Wildman–Crippen LogP) is 5.23. The first-order chi connectivity index (χ1) is 13.3. The lowest BCUT2D eigenvalue weighted by molar-refractivity contribution is -0.115. The van der Waals surface area contributed by atoms with E-state index in [-0.39, 0.29) is 18.3 Å². The Balaban J connectivity index is 1.74. The Morgan fingerprint density at radius 2 is 1.75 bits per heavy atom. The highest BCUT2D eigenvalue weighted by molar-refractivity contribution is 7.14. The summed E-state index contributed by atoms with van der Waals surface area (Å²) in [5, 5.41) is 2.50. The van der Waals surface area contributed by atoms with Gasteiger partial charge >= 0.3 is 0 Å². The van der Waals surface area contributed by atoms with E-state index in [4.69, 9.17) is 4.74 Å². The number of Topliss-reactive ketones (excluding diaryl/α,β-unsaturated/α-hetero) is 1. The molecule has 6 heteroatoms. The zero-order valence-electron chi connectivity index (χ0n) is 16.4. The number of ether oxygens (including phenoxy) is 1. The molecule has 3 rings (SSSR count). The first kappa shape index (κ1) is 19.8. The van der Waals surface area contributed by atoms with Crippen molar-refractivity contribution >= 4 is 33.8 Å². The van der Waals surface area contributed by atoms with Crippen molar-refractivity contribution in [3.8, 4) is 5.75 Å². The number of thiazole rings is 1. The van der Waals surface area contributed by atoms with Gasteiger partial charge in [0.2, 0.25) is 5.91 Å². The van der Waals surface area contributed by atoms with Gasteiger partial charge in [0.1, 0.15) is 12.4 Å². The highest BCUT2D eigenvalue weighted by Gasteiger charge is 2.18. The Kier molecular flexibility index (Phi) is 5.90. The van der Waals surface area contributed by atoms with Crippen LogP contribution in [0.1, 0.15) is 41.0 Å². The van der Waals surface area contributed by atoms with Crippen molar-refractivity contribution in [2.45, 2.75) is 34.3 Å². The summed E-state index contributed by atoms with van der Waals surface area (Å²) in [7, 11) is 0. The highest BCUT2D eigenvalue weighted by atomic mass is 32.1. The van der Waals surface area contributed by atoms with E-state index in [2.05, 4.69) is 4.98 Å². The molecule has 0 spiro atoms. The third-order valence-corrected chi connectivity index (χ3v) is 5.32. The second-order valence-electron chi connectivity index (χ2n) is 6.61. The summed E-state index contributed by atoms with van der Waals surface area (Å²) < 4.78 is 5.75. The van der Waals surface area contributed by atoms with Crippen LogP contribution in [0.5, 0.6) is 5.75 Å². The maximum Gasteiger partial charge on any atom is 0.230 e. The molecule has 144 valence electrons. The molecule has 0 N–H and O–H groups in total. The fraction of sp³-hybridized carbons (Fsp3) is 0.227. The average molecular weight is 394 g/mol. The molecule has 0 atom stereocenters. The van der Waals surface area contributed by atoms with Crippen LogP contribution < -0.4 is 9.64 Å². The molecule has 5 nitrogen and oxygen atoms in total. The highest BCUT2D eigenvalue weighted by Crippen LogP contribution is 2.30. The van der Waals surface area contributed by atoms with Gasteiger partial charge in [0.15, 0.2) is 10.9 Å². The van der Waals surface area contributed by atoms with Crippen molar-refractivity contribution in [3.63, 3.8) is 0 Å². The van der Waals surface area contributed by atoms with Gasteiger partial charge in [0.05, 0.1) is 11.4 Å². The first-order valence-corrected chi connectivity index (χ1v) is 9.79. The molecule has 0 aliphatic heterocycles. The second-order valence-corrected chi connectivity index (χ2v) is 7.45. The van der Waals surface area contributed by atoms with Crippen molar-refractivity contribution in [2.24, 2.45) is 0 Å². The molecule has 28 heavy (non-hydrogen) atoms. The fourth-order valence-corrected chi connectivity index (χ4v) is 3.57. The minimum Gasteiger partial charge on any atom is -0.487 e. The number of amides is 1. The molecule has 0 saturated heterocycles. The average Bonchev–Trinajstić information content (AvgIpc) is 3.11. The molecule has 3 aromatic rings. The standard InChI is InChI=1S/C22H22N2O3S/c1-14-5-8-20(11-15(14)2)24(17(4)26)22-23-19(13-28-22)12-27-21-9-6-18(7-10-21)16(3)25/h5-11,13H,12H2,1-4H3. The topological polar surface area (TPSA) is 59.5 Å². The number of aromatic nitrogens is 1. The molecule has 0 fully saturated rings. The van der Waals surface area contributed by atoms with Crippen LogP contribution >= 0.6 is 11.3 Å². The zero-order valence-corrected chi connectivity index (χ0v) is 17.2. The molecule has 0 unspecified atom stereocenters. The third kappa shape index (κ3) is 4.46. The van der Waals surface area contributed by atoms with Crippen LogP contribution in [-0.2, 0) is 11.4 Å². The molecule has 0 aliphatic rings. The van der Waals surface area contributed by atoms with Gasteiger partial charge in [0, 0.05) is 17.9 Å². The summed E-state index contributed by atoms with van der Waals surface area (Å²) in [6, 6.07) is 12.9. The summed E-state index contributed by atoms with van der Waals surface area (Å²) in [6.45, 7) is 7.41. The minimum absolute atomic E-state index is 0.0198. The zero-order chi connectivity index (χ0) is 20.3. The van der Waals surface area contributed by atoms with Gasteiger partial charge in [-0.05, 0) is 68.3 Å². The van der Waals surface area contributed by atoms with E-state index in [1.807, 2.05) is 37.4 Å². The van der Waals surface area contributed by atoms with E-state index >= 15 is 0 Å². The van der Waals surface area contributed by atoms with Crippen molar-refractivity contribution in [1.29, 1.82) is 0 Å². The molecular formula is C22H22N2O3S. The molecule has 1 heterocycles. The van der Waals surface area contributed by atoms with Crippen LogP contribution in [-0.4, -0.2) is 16.7 Å². The summed E-state index contributed by atoms with van der Waals surface area (Å²) in [5.74, 6) is 0.591. The monoisotopic (exact) mass is 394 g/mol.